The van der Waals surface area contributed by atoms with Gasteiger partial charge in [0, 0.05) is 38.3 Å². The second kappa shape index (κ2) is 9.39. The normalized spacial score (nSPS) is 14.4. The van der Waals surface area contributed by atoms with E-state index in [1.165, 1.54) is 19.2 Å². The standard InChI is InChI=1S/C22H24N4O5S/c1-30-18-7-9-19(10-8-18)32(28,29)16-11-20-23-21(31-24-20)22(27)26-14-12-25(13-15-26)17-5-3-2-4-6-17/h2-10H,11-16H2,1H3. The molecule has 0 bridgehead atoms. The lowest BCUT2D eigenvalue weighted by molar-refractivity contribution is 0.0696. The van der Waals surface area contributed by atoms with E-state index >= 15 is 0 Å². The van der Waals surface area contributed by atoms with Crippen LogP contribution < -0.4 is 9.64 Å². The molecule has 1 amide bonds. The Balaban J connectivity index is 1.33. The van der Waals surface area contributed by atoms with Crippen molar-refractivity contribution < 1.29 is 22.5 Å². The molecule has 3 aromatic rings. The third-order valence-electron chi connectivity index (χ3n) is 5.35. The number of aryl methyl sites for hydroxylation is 1. The van der Waals surface area contributed by atoms with Crippen LogP contribution in [0.5, 0.6) is 5.75 Å². The first kappa shape index (κ1) is 21.8. The number of carbonyl (C=O) groups is 1. The molecule has 2 heterocycles. The van der Waals surface area contributed by atoms with Crippen molar-refractivity contribution in [2.45, 2.75) is 11.3 Å². The van der Waals surface area contributed by atoms with Gasteiger partial charge >= 0.3 is 11.8 Å². The van der Waals surface area contributed by atoms with Crippen LogP contribution in [0, 0.1) is 0 Å². The molecule has 0 atom stereocenters. The largest absolute Gasteiger partial charge is 0.497 e. The van der Waals surface area contributed by atoms with Gasteiger partial charge in [0.25, 0.3) is 0 Å². The number of ether oxygens (including phenoxy) is 1. The molecule has 1 saturated heterocycles. The summed E-state index contributed by atoms with van der Waals surface area (Å²) in [7, 11) is -2.01. The van der Waals surface area contributed by atoms with Crippen LogP contribution in [0.15, 0.2) is 64.0 Å². The Bertz CT molecular complexity index is 1150. The maximum absolute atomic E-state index is 12.7. The molecule has 1 fully saturated rings. The van der Waals surface area contributed by atoms with Gasteiger partial charge in [-0.2, -0.15) is 4.98 Å². The second-order valence-corrected chi connectivity index (χ2v) is 9.48. The molecular formula is C22H24N4O5S. The van der Waals surface area contributed by atoms with Crippen molar-refractivity contribution in [1.29, 1.82) is 0 Å². The van der Waals surface area contributed by atoms with E-state index in [4.69, 9.17) is 9.26 Å². The number of amides is 1. The fourth-order valence-electron chi connectivity index (χ4n) is 3.51. The van der Waals surface area contributed by atoms with E-state index in [1.54, 1.807) is 17.0 Å². The molecular weight excluding hydrogens is 432 g/mol. The third kappa shape index (κ3) is 4.91. The predicted octanol–water partition coefficient (Wildman–Crippen LogP) is 2.06. The summed E-state index contributed by atoms with van der Waals surface area (Å²) in [6.07, 6.45) is 0.0485. The molecule has 168 valence electrons. The Labute approximate surface area is 186 Å². The van der Waals surface area contributed by atoms with E-state index in [9.17, 15) is 13.2 Å². The zero-order valence-electron chi connectivity index (χ0n) is 17.7. The summed E-state index contributed by atoms with van der Waals surface area (Å²) in [4.78, 5) is 20.9. The summed E-state index contributed by atoms with van der Waals surface area (Å²) in [6, 6.07) is 16.2. The fourth-order valence-corrected chi connectivity index (χ4v) is 4.75. The first-order chi connectivity index (χ1) is 15.5. The monoisotopic (exact) mass is 456 g/mol. The molecule has 1 aromatic heterocycles. The van der Waals surface area contributed by atoms with Crippen molar-refractivity contribution in [1.82, 2.24) is 15.0 Å². The topological polar surface area (TPSA) is 106 Å². The smallest absolute Gasteiger partial charge is 0.316 e. The quantitative estimate of drug-likeness (QED) is 0.532. The highest BCUT2D eigenvalue weighted by Gasteiger charge is 2.27. The first-order valence-corrected chi connectivity index (χ1v) is 11.9. The molecule has 9 nitrogen and oxygen atoms in total. The molecule has 0 saturated carbocycles. The van der Waals surface area contributed by atoms with Gasteiger partial charge in [0.2, 0.25) is 0 Å². The molecule has 10 heteroatoms. The lowest BCUT2D eigenvalue weighted by atomic mass is 10.2. The molecule has 0 aliphatic carbocycles. The molecule has 0 radical (unpaired) electrons. The average molecular weight is 457 g/mol. The average Bonchev–Trinajstić information content (AvgIpc) is 3.32. The Morgan fingerprint density at radius 2 is 1.72 bits per heavy atom. The number of anilines is 1. The second-order valence-electron chi connectivity index (χ2n) is 7.37. The summed E-state index contributed by atoms with van der Waals surface area (Å²) >= 11 is 0. The lowest BCUT2D eigenvalue weighted by Gasteiger charge is -2.35. The van der Waals surface area contributed by atoms with Crippen LogP contribution in [-0.4, -0.2) is 68.4 Å². The number of hydrogen-bond acceptors (Lipinski definition) is 8. The zero-order valence-corrected chi connectivity index (χ0v) is 18.5. The minimum Gasteiger partial charge on any atom is -0.497 e. The molecule has 0 N–H and O–H groups in total. The zero-order chi connectivity index (χ0) is 22.6. The van der Waals surface area contributed by atoms with Gasteiger partial charge in [-0.3, -0.25) is 4.79 Å². The van der Waals surface area contributed by atoms with Crippen molar-refractivity contribution in [3.8, 4) is 5.75 Å². The van der Waals surface area contributed by atoms with Gasteiger partial charge in [-0.05, 0) is 36.4 Å². The molecule has 2 aromatic carbocycles. The van der Waals surface area contributed by atoms with E-state index in [0.717, 1.165) is 5.69 Å². The Morgan fingerprint density at radius 3 is 2.38 bits per heavy atom. The molecule has 1 aliphatic heterocycles. The first-order valence-electron chi connectivity index (χ1n) is 10.2. The summed E-state index contributed by atoms with van der Waals surface area (Å²) < 4.78 is 35.2. The van der Waals surface area contributed by atoms with E-state index in [0.29, 0.717) is 31.9 Å². The van der Waals surface area contributed by atoms with Gasteiger partial charge in [-0.15, -0.1) is 0 Å². The van der Waals surface area contributed by atoms with Crippen molar-refractivity contribution in [2.24, 2.45) is 0 Å². The number of para-hydroxylation sites is 1. The number of sulfone groups is 1. The minimum absolute atomic E-state index is 0.0485. The lowest BCUT2D eigenvalue weighted by Crippen LogP contribution is -2.48. The molecule has 1 aliphatic rings. The molecule has 32 heavy (non-hydrogen) atoms. The number of benzene rings is 2. The van der Waals surface area contributed by atoms with Crippen molar-refractivity contribution >= 4 is 21.4 Å². The van der Waals surface area contributed by atoms with Gasteiger partial charge in [0.15, 0.2) is 15.7 Å². The minimum atomic E-state index is -3.53. The summed E-state index contributed by atoms with van der Waals surface area (Å²) in [6.45, 7) is 2.49. The summed E-state index contributed by atoms with van der Waals surface area (Å²) in [5.74, 6) is 0.120. The van der Waals surface area contributed by atoms with Crippen molar-refractivity contribution in [3.63, 3.8) is 0 Å². The number of methoxy groups -OCH3 is 1. The Kier molecular flexibility index (Phi) is 6.40. The SMILES string of the molecule is COc1ccc(S(=O)(=O)CCc2noc(C(=O)N3CCN(c4ccccc4)CC3)n2)cc1. The fraction of sp³-hybridized carbons (Fsp3) is 0.318. The van der Waals surface area contributed by atoms with Gasteiger partial charge < -0.3 is 19.1 Å². The highest BCUT2D eigenvalue weighted by molar-refractivity contribution is 7.91. The highest BCUT2D eigenvalue weighted by atomic mass is 32.2. The summed E-state index contributed by atoms with van der Waals surface area (Å²) in [5, 5.41) is 3.79. The van der Waals surface area contributed by atoms with Crippen LogP contribution >= 0.6 is 0 Å². The number of carbonyl (C=O) groups excluding carboxylic acids is 1. The van der Waals surface area contributed by atoms with E-state index in [2.05, 4.69) is 15.0 Å². The van der Waals surface area contributed by atoms with Gasteiger partial charge in [0.05, 0.1) is 17.8 Å². The number of nitrogens with zero attached hydrogens (tertiary/aromatic N) is 4. The number of aromatic nitrogens is 2. The predicted molar refractivity (Wildman–Crippen MR) is 118 cm³/mol. The van der Waals surface area contributed by atoms with Crippen molar-refractivity contribution in [3.05, 3.63) is 66.3 Å². The third-order valence-corrected chi connectivity index (χ3v) is 7.08. The molecule has 0 unspecified atom stereocenters. The maximum Gasteiger partial charge on any atom is 0.316 e. The number of piperazine rings is 1. The van der Waals surface area contributed by atoms with Gasteiger partial charge in [-0.1, -0.05) is 23.4 Å². The van der Waals surface area contributed by atoms with Crippen LogP contribution in [0.2, 0.25) is 0 Å². The van der Waals surface area contributed by atoms with Crippen molar-refractivity contribution in [2.75, 3.05) is 43.9 Å². The van der Waals surface area contributed by atoms with Crippen LogP contribution in [0.4, 0.5) is 5.69 Å². The van der Waals surface area contributed by atoms with Gasteiger partial charge in [0.1, 0.15) is 5.75 Å². The van der Waals surface area contributed by atoms with E-state index < -0.39 is 9.84 Å². The highest BCUT2D eigenvalue weighted by Crippen LogP contribution is 2.18. The van der Waals surface area contributed by atoms with Gasteiger partial charge in [-0.25, -0.2) is 8.42 Å². The number of rotatable bonds is 7. The Hall–Kier alpha value is -3.40. The van der Waals surface area contributed by atoms with Crippen LogP contribution in [0.25, 0.3) is 0 Å². The molecule has 4 rings (SSSR count). The van der Waals surface area contributed by atoms with E-state index in [-0.39, 0.29) is 34.7 Å². The van der Waals surface area contributed by atoms with Crippen LogP contribution in [-0.2, 0) is 16.3 Å². The van der Waals surface area contributed by atoms with Crippen LogP contribution in [0.3, 0.4) is 0 Å². The maximum atomic E-state index is 12.7. The van der Waals surface area contributed by atoms with Crippen LogP contribution in [0.1, 0.15) is 16.5 Å². The Morgan fingerprint density at radius 1 is 1.03 bits per heavy atom. The molecule has 0 spiro atoms. The summed E-state index contributed by atoms with van der Waals surface area (Å²) in [5.41, 5.74) is 1.12. The number of hydrogen-bond donors (Lipinski definition) is 0. The van der Waals surface area contributed by atoms with E-state index in [1.807, 2.05) is 30.3 Å².